The summed E-state index contributed by atoms with van der Waals surface area (Å²) in [4.78, 5) is 15.5. The van der Waals surface area contributed by atoms with Crippen molar-refractivity contribution in [2.24, 2.45) is 5.41 Å². The average Bonchev–Trinajstić information content (AvgIpc) is 3.60. The van der Waals surface area contributed by atoms with Gasteiger partial charge in [0.25, 0.3) is 0 Å². The molecule has 7 rings (SSSR count). The minimum absolute atomic E-state index is 0.368. The topological polar surface area (TPSA) is 101 Å². The Hall–Kier alpha value is -4.14. The number of aromatic nitrogens is 8. The maximum atomic E-state index is 4.97. The van der Waals surface area contributed by atoms with Crippen molar-refractivity contribution in [1.82, 2.24) is 39.7 Å². The molecule has 0 saturated carbocycles. The third kappa shape index (κ3) is 2.86. The fourth-order valence-electron chi connectivity index (χ4n) is 5.67. The van der Waals surface area contributed by atoms with E-state index in [9.17, 15) is 0 Å². The molecule has 0 unspecified atom stereocenters. The van der Waals surface area contributed by atoms with Gasteiger partial charge in [-0.05, 0) is 42.2 Å². The number of piperidine rings is 1. The van der Waals surface area contributed by atoms with Crippen molar-refractivity contribution in [2.45, 2.75) is 25.7 Å². The van der Waals surface area contributed by atoms with E-state index in [4.69, 9.17) is 4.98 Å². The molecule has 0 radical (unpaired) electrons. The summed E-state index contributed by atoms with van der Waals surface area (Å²) in [6.45, 7) is 6.13. The van der Waals surface area contributed by atoms with Crippen molar-refractivity contribution in [3.63, 3.8) is 0 Å². The fourth-order valence-corrected chi connectivity index (χ4v) is 5.67. The summed E-state index contributed by atoms with van der Waals surface area (Å²) in [5.41, 5.74) is 7.00. The molecule has 1 saturated heterocycles. The Morgan fingerprint density at radius 2 is 1.76 bits per heavy atom. The summed E-state index contributed by atoms with van der Waals surface area (Å²) in [5, 5.41) is 17.0. The number of H-pyrrole nitrogens is 1. The molecule has 1 aliphatic carbocycles. The Balaban J connectivity index is 1.22. The number of hydrogen-bond acceptors (Lipinski definition) is 7. The number of aromatic amines is 1. The van der Waals surface area contributed by atoms with Crippen molar-refractivity contribution in [1.29, 1.82) is 0 Å². The molecule has 1 fully saturated rings. The van der Waals surface area contributed by atoms with Crippen LogP contribution >= 0.6 is 0 Å². The minimum Gasteiger partial charge on any atom is -0.342 e. The monoisotopic (exact) mass is 449 g/mol. The highest BCUT2D eigenvalue weighted by Gasteiger charge is 2.40. The predicted molar refractivity (Wildman–Crippen MR) is 128 cm³/mol. The van der Waals surface area contributed by atoms with E-state index in [1.54, 1.807) is 18.7 Å². The van der Waals surface area contributed by atoms with E-state index in [-0.39, 0.29) is 0 Å². The molecule has 4 aromatic heterocycles. The Bertz CT molecular complexity index is 1510. The smallest absolute Gasteiger partial charge is 0.214 e. The molecule has 34 heavy (non-hydrogen) atoms. The zero-order valence-electron chi connectivity index (χ0n) is 18.6. The maximum absolute atomic E-state index is 4.97. The number of fused-ring (bicyclic) bond motifs is 4. The van der Waals surface area contributed by atoms with Crippen molar-refractivity contribution < 1.29 is 0 Å². The van der Waals surface area contributed by atoms with E-state index < -0.39 is 0 Å². The molecule has 1 aromatic carbocycles. The fraction of sp³-hybridized carbons (Fsp3) is 0.280. The van der Waals surface area contributed by atoms with Crippen LogP contribution in [0.1, 0.15) is 35.2 Å². The van der Waals surface area contributed by atoms with E-state index >= 15 is 0 Å². The Kier molecular flexibility index (Phi) is 4.08. The van der Waals surface area contributed by atoms with E-state index in [0.29, 0.717) is 22.3 Å². The zero-order valence-corrected chi connectivity index (χ0v) is 18.6. The van der Waals surface area contributed by atoms with Gasteiger partial charge in [-0.1, -0.05) is 30.8 Å². The molecule has 9 heteroatoms. The van der Waals surface area contributed by atoms with Gasteiger partial charge in [-0.2, -0.15) is 10.1 Å². The third-order valence-corrected chi connectivity index (χ3v) is 7.50. The average molecular weight is 450 g/mol. The molecule has 1 spiro atoms. The first-order valence-corrected chi connectivity index (χ1v) is 11.6. The lowest BCUT2D eigenvalue weighted by molar-refractivity contribution is 0.231. The maximum Gasteiger partial charge on any atom is 0.214 e. The number of hydrogen-bond donors (Lipinski definition) is 1. The Morgan fingerprint density at radius 3 is 2.50 bits per heavy atom. The lowest BCUT2D eigenvalue weighted by Gasteiger charge is -2.39. The molecule has 0 bridgehead atoms. The molecule has 1 N–H and O–H groups in total. The van der Waals surface area contributed by atoms with Crippen LogP contribution in [0.15, 0.2) is 55.9 Å². The van der Waals surface area contributed by atoms with Gasteiger partial charge in [-0.15, -0.1) is 10.2 Å². The molecule has 1 aliphatic heterocycles. The van der Waals surface area contributed by atoms with Gasteiger partial charge in [-0.3, -0.25) is 9.50 Å². The molecule has 5 aromatic rings. The number of rotatable bonds is 3. The highest BCUT2D eigenvalue weighted by Crippen LogP contribution is 2.45. The third-order valence-electron chi connectivity index (χ3n) is 7.50. The van der Waals surface area contributed by atoms with Gasteiger partial charge in [0.15, 0.2) is 11.3 Å². The second-order valence-corrected chi connectivity index (χ2v) is 9.45. The molecule has 5 heterocycles. The SMILES string of the molecule is C=C(c1cncnc1)c1n[nH]c2nc(N3CCC4(CC3)Cc3ccccc3C4)n3cnnc3c12. The van der Waals surface area contributed by atoms with Crippen molar-refractivity contribution in [3.05, 3.63) is 78.3 Å². The number of nitrogens with zero attached hydrogens (tertiary/aromatic N) is 8. The van der Waals surface area contributed by atoms with Gasteiger partial charge in [0.1, 0.15) is 18.3 Å². The first kappa shape index (κ1) is 19.3. The number of nitrogens with one attached hydrogen (secondary N) is 1. The highest BCUT2D eigenvalue weighted by atomic mass is 15.4. The standard InChI is InChI=1S/C25H23N9/c1-16(19-12-26-14-27-13-19)21-20-22(31-30-21)29-24(34-15-28-32-23(20)34)33-8-6-25(7-9-33)10-17-4-2-3-5-18(17)11-25/h2-5,12-15H,1,6-11H2,(H,30,31). The van der Waals surface area contributed by atoms with Gasteiger partial charge < -0.3 is 4.90 Å². The van der Waals surface area contributed by atoms with Crippen LogP contribution in [0, 0.1) is 5.41 Å². The van der Waals surface area contributed by atoms with Crippen molar-refractivity contribution >= 4 is 28.2 Å². The summed E-state index contributed by atoms with van der Waals surface area (Å²) in [6, 6.07) is 8.90. The van der Waals surface area contributed by atoms with Gasteiger partial charge >= 0.3 is 0 Å². The van der Waals surface area contributed by atoms with Crippen LogP contribution < -0.4 is 4.90 Å². The van der Waals surface area contributed by atoms with E-state index in [1.165, 1.54) is 30.3 Å². The summed E-state index contributed by atoms with van der Waals surface area (Å²) >= 11 is 0. The number of anilines is 1. The van der Waals surface area contributed by atoms with Gasteiger partial charge in [0, 0.05) is 36.6 Å². The highest BCUT2D eigenvalue weighted by molar-refractivity contribution is 6.00. The summed E-state index contributed by atoms with van der Waals surface area (Å²) in [6.07, 6.45) is 11.3. The predicted octanol–water partition coefficient (Wildman–Crippen LogP) is 3.24. The summed E-state index contributed by atoms with van der Waals surface area (Å²) < 4.78 is 1.97. The van der Waals surface area contributed by atoms with E-state index in [1.807, 2.05) is 4.40 Å². The largest absolute Gasteiger partial charge is 0.342 e. The van der Waals surface area contributed by atoms with Gasteiger partial charge in [-0.25, -0.2) is 9.97 Å². The number of benzene rings is 1. The van der Waals surface area contributed by atoms with Crippen LogP contribution in [0.4, 0.5) is 5.95 Å². The molecule has 0 amide bonds. The first-order chi connectivity index (χ1) is 16.7. The molecule has 2 aliphatic rings. The molecule has 0 atom stereocenters. The van der Waals surface area contributed by atoms with Crippen molar-refractivity contribution in [3.8, 4) is 0 Å². The summed E-state index contributed by atoms with van der Waals surface area (Å²) in [5.74, 6) is 0.849. The molecular formula is C25H23N9. The minimum atomic E-state index is 0.368. The lowest BCUT2D eigenvalue weighted by atomic mass is 9.76. The van der Waals surface area contributed by atoms with Crippen LogP contribution in [-0.2, 0) is 12.8 Å². The zero-order chi connectivity index (χ0) is 22.7. The quantitative estimate of drug-likeness (QED) is 0.451. The second-order valence-electron chi connectivity index (χ2n) is 9.45. The van der Waals surface area contributed by atoms with Gasteiger partial charge in [0.05, 0.1) is 5.39 Å². The normalized spacial score (nSPS) is 17.0. The lowest BCUT2D eigenvalue weighted by Crippen LogP contribution is -2.41. The van der Waals surface area contributed by atoms with E-state index in [2.05, 4.69) is 66.1 Å². The van der Waals surface area contributed by atoms with Crippen LogP contribution in [-0.4, -0.2) is 52.8 Å². The van der Waals surface area contributed by atoms with Crippen molar-refractivity contribution in [2.75, 3.05) is 18.0 Å². The van der Waals surface area contributed by atoms with Gasteiger partial charge in [0.2, 0.25) is 5.95 Å². The summed E-state index contributed by atoms with van der Waals surface area (Å²) in [7, 11) is 0. The Morgan fingerprint density at radius 1 is 1.03 bits per heavy atom. The van der Waals surface area contributed by atoms with Crippen LogP contribution in [0.5, 0.6) is 0 Å². The second kappa shape index (κ2) is 7.18. The Labute approximate surface area is 195 Å². The molecule has 168 valence electrons. The van der Waals surface area contributed by atoms with E-state index in [0.717, 1.165) is 48.5 Å². The molecular weight excluding hydrogens is 426 g/mol. The van der Waals surface area contributed by atoms with Crippen LogP contribution in [0.2, 0.25) is 0 Å². The van der Waals surface area contributed by atoms with Crippen LogP contribution in [0.25, 0.3) is 22.3 Å². The van der Waals surface area contributed by atoms with Crippen LogP contribution in [0.3, 0.4) is 0 Å². The molecule has 9 nitrogen and oxygen atoms in total. The first-order valence-electron chi connectivity index (χ1n) is 11.6.